The van der Waals surface area contributed by atoms with E-state index in [1.807, 2.05) is 40.9 Å². The summed E-state index contributed by atoms with van der Waals surface area (Å²) in [6.07, 6.45) is 5.28. The van der Waals surface area contributed by atoms with E-state index < -0.39 is 0 Å². The van der Waals surface area contributed by atoms with E-state index in [2.05, 4.69) is 29.0 Å². The lowest BCUT2D eigenvalue weighted by Gasteiger charge is -2.21. The highest BCUT2D eigenvalue weighted by atomic mass is 16.1. The number of carbonyl (C=O) groups excluding carboxylic acids is 1. The quantitative estimate of drug-likeness (QED) is 0.785. The normalized spacial score (nSPS) is 10.7. The standard InChI is InChI=1S/C18H20N4O/c1-3-21(4-2)16-7-5-15(6-8-16)20-18(23)14-9-10-22-13-19-12-17(22)11-14/h5-13H,3-4H2,1-2H3,(H,20,23). The Balaban J connectivity index is 1.74. The summed E-state index contributed by atoms with van der Waals surface area (Å²) in [5, 5.41) is 2.93. The number of hydrogen-bond acceptors (Lipinski definition) is 3. The van der Waals surface area contributed by atoms with Gasteiger partial charge in [-0.25, -0.2) is 4.98 Å². The van der Waals surface area contributed by atoms with E-state index in [4.69, 9.17) is 0 Å². The molecule has 23 heavy (non-hydrogen) atoms. The van der Waals surface area contributed by atoms with Gasteiger partial charge in [0.2, 0.25) is 0 Å². The first kappa shape index (κ1) is 15.1. The van der Waals surface area contributed by atoms with Crippen LogP contribution in [0.5, 0.6) is 0 Å². The first-order chi connectivity index (χ1) is 11.2. The molecule has 1 aromatic carbocycles. The van der Waals surface area contributed by atoms with Crippen LogP contribution in [0.2, 0.25) is 0 Å². The molecule has 3 rings (SSSR count). The Morgan fingerprint density at radius 1 is 1.17 bits per heavy atom. The van der Waals surface area contributed by atoms with Crippen molar-refractivity contribution in [2.45, 2.75) is 13.8 Å². The molecule has 0 radical (unpaired) electrons. The van der Waals surface area contributed by atoms with Crippen molar-refractivity contribution < 1.29 is 4.79 Å². The topological polar surface area (TPSA) is 49.6 Å². The molecule has 0 bridgehead atoms. The van der Waals surface area contributed by atoms with Gasteiger partial charge in [0.1, 0.15) is 0 Å². The molecule has 118 valence electrons. The molecule has 0 unspecified atom stereocenters. The summed E-state index contributed by atoms with van der Waals surface area (Å²) < 4.78 is 1.87. The number of hydrogen-bond donors (Lipinski definition) is 1. The average molecular weight is 308 g/mol. The Kier molecular flexibility index (Phi) is 4.28. The third-order valence-corrected chi connectivity index (χ3v) is 3.93. The van der Waals surface area contributed by atoms with Gasteiger partial charge in [-0.3, -0.25) is 4.79 Å². The van der Waals surface area contributed by atoms with Crippen LogP contribution < -0.4 is 10.2 Å². The first-order valence-electron chi connectivity index (χ1n) is 7.79. The highest BCUT2D eigenvalue weighted by Crippen LogP contribution is 2.18. The number of fused-ring (bicyclic) bond motifs is 1. The zero-order valence-electron chi connectivity index (χ0n) is 13.4. The lowest BCUT2D eigenvalue weighted by Crippen LogP contribution is -2.21. The second kappa shape index (κ2) is 6.52. The summed E-state index contributed by atoms with van der Waals surface area (Å²) in [7, 11) is 0. The van der Waals surface area contributed by atoms with Gasteiger partial charge < -0.3 is 14.6 Å². The molecule has 0 aliphatic rings. The van der Waals surface area contributed by atoms with Gasteiger partial charge >= 0.3 is 0 Å². The number of rotatable bonds is 5. The summed E-state index contributed by atoms with van der Waals surface area (Å²) in [6.45, 7) is 6.19. The number of pyridine rings is 1. The molecule has 0 aliphatic carbocycles. The molecule has 0 aliphatic heterocycles. The van der Waals surface area contributed by atoms with E-state index >= 15 is 0 Å². The van der Waals surface area contributed by atoms with E-state index in [0.717, 1.165) is 30.0 Å². The van der Waals surface area contributed by atoms with Crippen LogP contribution in [0.4, 0.5) is 11.4 Å². The lowest BCUT2D eigenvalue weighted by atomic mass is 10.2. The minimum absolute atomic E-state index is 0.121. The SMILES string of the molecule is CCN(CC)c1ccc(NC(=O)c2ccn3cncc3c2)cc1. The van der Waals surface area contributed by atoms with E-state index in [1.54, 1.807) is 18.6 Å². The van der Waals surface area contributed by atoms with E-state index in [9.17, 15) is 4.79 Å². The highest BCUT2D eigenvalue weighted by Gasteiger charge is 2.08. The fourth-order valence-corrected chi connectivity index (χ4v) is 2.61. The van der Waals surface area contributed by atoms with Crippen molar-refractivity contribution >= 4 is 22.8 Å². The van der Waals surface area contributed by atoms with E-state index in [1.165, 1.54) is 0 Å². The molecule has 5 nitrogen and oxygen atoms in total. The van der Waals surface area contributed by atoms with Crippen LogP contribution in [0.1, 0.15) is 24.2 Å². The highest BCUT2D eigenvalue weighted by molar-refractivity contribution is 6.04. The van der Waals surface area contributed by atoms with Gasteiger partial charge in [0.05, 0.1) is 18.0 Å². The molecule has 0 fully saturated rings. The van der Waals surface area contributed by atoms with Crippen LogP contribution >= 0.6 is 0 Å². The Morgan fingerprint density at radius 2 is 1.91 bits per heavy atom. The number of anilines is 2. The van der Waals surface area contributed by atoms with Gasteiger partial charge in [-0.15, -0.1) is 0 Å². The van der Waals surface area contributed by atoms with Gasteiger partial charge in [-0.05, 0) is 50.2 Å². The Hall–Kier alpha value is -2.82. The third kappa shape index (κ3) is 3.18. The van der Waals surface area contributed by atoms with Gasteiger partial charge in [0.15, 0.2) is 0 Å². The molecule has 0 spiro atoms. The van der Waals surface area contributed by atoms with Crippen molar-refractivity contribution in [2.75, 3.05) is 23.3 Å². The van der Waals surface area contributed by atoms with Crippen LogP contribution in [-0.4, -0.2) is 28.4 Å². The number of nitrogens with one attached hydrogen (secondary N) is 1. The summed E-state index contributed by atoms with van der Waals surface area (Å²) in [5.41, 5.74) is 3.47. The van der Waals surface area contributed by atoms with Crippen molar-refractivity contribution in [1.29, 1.82) is 0 Å². The largest absolute Gasteiger partial charge is 0.372 e. The predicted octanol–water partition coefficient (Wildman–Crippen LogP) is 3.43. The van der Waals surface area contributed by atoms with Crippen LogP contribution in [0.3, 0.4) is 0 Å². The Morgan fingerprint density at radius 3 is 2.61 bits per heavy atom. The van der Waals surface area contributed by atoms with Crippen LogP contribution in [0.15, 0.2) is 55.1 Å². The molecule has 2 heterocycles. The van der Waals surface area contributed by atoms with Crippen LogP contribution in [0, 0.1) is 0 Å². The molecule has 1 amide bonds. The van der Waals surface area contributed by atoms with Crippen LogP contribution in [-0.2, 0) is 0 Å². The number of amides is 1. The minimum Gasteiger partial charge on any atom is -0.372 e. The summed E-state index contributed by atoms with van der Waals surface area (Å²) in [6, 6.07) is 11.5. The Bertz CT molecular complexity index is 803. The van der Waals surface area contributed by atoms with E-state index in [0.29, 0.717) is 5.56 Å². The monoisotopic (exact) mass is 308 g/mol. The molecule has 1 N–H and O–H groups in total. The van der Waals surface area contributed by atoms with E-state index in [-0.39, 0.29) is 5.91 Å². The number of nitrogens with zero attached hydrogens (tertiary/aromatic N) is 3. The number of aromatic nitrogens is 2. The predicted molar refractivity (Wildman–Crippen MR) is 93.1 cm³/mol. The second-order valence-electron chi connectivity index (χ2n) is 5.31. The Labute approximate surface area is 135 Å². The summed E-state index contributed by atoms with van der Waals surface area (Å²) in [5.74, 6) is -0.121. The first-order valence-corrected chi connectivity index (χ1v) is 7.79. The van der Waals surface area contributed by atoms with Gasteiger partial charge in [-0.2, -0.15) is 0 Å². The lowest BCUT2D eigenvalue weighted by molar-refractivity contribution is 0.102. The van der Waals surface area contributed by atoms with Gasteiger partial charge in [-0.1, -0.05) is 0 Å². The number of imidazole rings is 1. The zero-order valence-corrected chi connectivity index (χ0v) is 13.4. The van der Waals surface area contributed by atoms with Crippen molar-refractivity contribution in [3.8, 4) is 0 Å². The smallest absolute Gasteiger partial charge is 0.255 e. The minimum atomic E-state index is -0.121. The molecule has 2 aromatic heterocycles. The van der Waals surface area contributed by atoms with Gasteiger partial charge in [0.25, 0.3) is 5.91 Å². The van der Waals surface area contributed by atoms with Crippen LogP contribution in [0.25, 0.3) is 5.52 Å². The average Bonchev–Trinajstić information content (AvgIpc) is 3.05. The molecule has 5 heteroatoms. The maximum Gasteiger partial charge on any atom is 0.255 e. The second-order valence-corrected chi connectivity index (χ2v) is 5.31. The molecular formula is C18H20N4O. The summed E-state index contributed by atoms with van der Waals surface area (Å²) in [4.78, 5) is 18.7. The molecule has 0 atom stereocenters. The number of carbonyl (C=O) groups is 1. The maximum absolute atomic E-state index is 12.4. The molecule has 0 saturated carbocycles. The van der Waals surface area contributed by atoms with Crippen molar-refractivity contribution in [3.05, 3.63) is 60.7 Å². The summed E-state index contributed by atoms with van der Waals surface area (Å²) >= 11 is 0. The van der Waals surface area contributed by atoms with Crippen molar-refractivity contribution in [1.82, 2.24) is 9.38 Å². The van der Waals surface area contributed by atoms with Gasteiger partial charge in [0, 0.05) is 36.2 Å². The fraction of sp³-hybridized carbons (Fsp3) is 0.222. The molecular weight excluding hydrogens is 288 g/mol. The maximum atomic E-state index is 12.4. The van der Waals surface area contributed by atoms with Crippen molar-refractivity contribution in [2.24, 2.45) is 0 Å². The number of benzene rings is 1. The fourth-order valence-electron chi connectivity index (χ4n) is 2.61. The molecule has 0 saturated heterocycles. The van der Waals surface area contributed by atoms with Crippen molar-refractivity contribution in [3.63, 3.8) is 0 Å². The molecule has 3 aromatic rings. The zero-order chi connectivity index (χ0) is 16.2. The third-order valence-electron chi connectivity index (χ3n) is 3.93.